The average molecular weight is 385 g/mol. The lowest BCUT2D eigenvalue weighted by Gasteiger charge is -2.36. The van der Waals surface area contributed by atoms with Gasteiger partial charge in [0, 0.05) is 18.3 Å². The van der Waals surface area contributed by atoms with E-state index in [1.54, 1.807) is 0 Å². The Morgan fingerprint density at radius 3 is 2.78 bits per heavy atom. The molecule has 2 heterocycles. The standard InChI is InChI=1S/C21H25ClN4O/c1-3-27-20-12-16(5-7-19(20)22)14-26(18-8-10-24-11-9-18)21-17(13-23)6-4-15(2)25-21/h4-7,12,18,24H,3,8-11,14H2,1-2H3. The zero-order valence-electron chi connectivity index (χ0n) is 15.8. The smallest absolute Gasteiger partial charge is 0.147 e. The summed E-state index contributed by atoms with van der Waals surface area (Å²) in [5, 5.41) is 13.6. The Balaban J connectivity index is 1.97. The number of anilines is 1. The third-order valence-corrected chi connectivity index (χ3v) is 5.12. The normalized spacial score (nSPS) is 14.6. The van der Waals surface area contributed by atoms with Crippen LogP contribution in [0.5, 0.6) is 5.75 Å². The summed E-state index contributed by atoms with van der Waals surface area (Å²) in [6.07, 6.45) is 2.04. The Morgan fingerprint density at radius 1 is 1.30 bits per heavy atom. The first-order valence-electron chi connectivity index (χ1n) is 9.38. The van der Waals surface area contributed by atoms with Gasteiger partial charge in [-0.1, -0.05) is 17.7 Å². The van der Waals surface area contributed by atoms with Crippen molar-refractivity contribution in [3.63, 3.8) is 0 Å². The SMILES string of the molecule is CCOc1cc(CN(c2nc(C)ccc2C#N)C2CCNCC2)ccc1Cl. The number of benzene rings is 1. The van der Waals surface area contributed by atoms with E-state index < -0.39 is 0 Å². The van der Waals surface area contributed by atoms with Gasteiger partial charge in [-0.25, -0.2) is 4.98 Å². The fraction of sp³-hybridized carbons (Fsp3) is 0.429. The second-order valence-electron chi connectivity index (χ2n) is 6.74. The molecule has 0 amide bonds. The van der Waals surface area contributed by atoms with E-state index in [1.165, 1.54) is 0 Å². The number of ether oxygens (including phenoxy) is 1. The minimum absolute atomic E-state index is 0.332. The third-order valence-electron chi connectivity index (χ3n) is 4.80. The van der Waals surface area contributed by atoms with Gasteiger partial charge < -0.3 is 15.0 Å². The summed E-state index contributed by atoms with van der Waals surface area (Å²) >= 11 is 6.24. The first-order valence-corrected chi connectivity index (χ1v) is 9.76. The number of aryl methyl sites for hydroxylation is 1. The molecule has 1 aromatic carbocycles. The van der Waals surface area contributed by atoms with Crippen molar-refractivity contribution in [3.05, 3.63) is 52.2 Å². The molecule has 0 bridgehead atoms. The van der Waals surface area contributed by atoms with Gasteiger partial charge in [-0.15, -0.1) is 0 Å². The van der Waals surface area contributed by atoms with Crippen molar-refractivity contribution < 1.29 is 4.74 Å². The molecule has 27 heavy (non-hydrogen) atoms. The van der Waals surface area contributed by atoms with Gasteiger partial charge in [-0.2, -0.15) is 5.26 Å². The third kappa shape index (κ3) is 4.71. The summed E-state index contributed by atoms with van der Waals surface area (Å²) in [4.78, 5) is 6.99. The van der Waals surface area contributed by atoms with Crippen LogP contribution in [0.1, 0.15) is 36.6 Å². The van der Waals surface area contributed by atoms with E-state index in [0.717, 1.165) is 43.0 Å². The minimum Gasteiger partial charge on any atom is -0.492 e. The van der Waals surface area contributed by atoms with Crippen LogP contribution < -0.4 is 15.0 Å². The number of nitriles is 1. The summed E-state index contributed by atoms with van der Waals surface area (Å²) in [6.45, 7) is 7.08. The van der Waals surface area contributed by atoms with Crippen LogP contribution in [0.25, 0.3) is 0 Å². The molecular formula is C21H25ClN4O. The zero-order chi connectivity index (χ0) is 19.2. The van der Waals surface area contributed by atoms with E-state index in [2.05, 4.69) is 16.3 Å². The average Bonchev–Trinajstić information content (AvgIpc) is 2.69. The van der Waals surface area contributed by atoms with Crippen LogP contribution in [-0.2, 0) is 6.54 Å². The molecule has 0 radical (unpaired) electrons. The summed E-state index contributed by atoms with van der Waals surface area (Å²) in [7, 11) is 0. The molecule has 2 aromatic rings. The van der Waals surface area contributed by atoms with Gasteiger partial charge >= 0.3 is 0 Å². The highest BCUT2D eigenvalue weighted by Gasteiger charge is 2.25. The number of hydrogen-bond donors (Lipinski definition) is 1. The van der Waals surface area contributed by atoms with Gasteiger partial charge in [0.2, 0.25) is 0 Å². The highest BCUT2D eigenvalue weighted by Crippen LogP contribution is 2.30. The largest absolute Gasteiger partial charge is 0.492 e. The number of nitrogens with one attached hydrogen (secondary N) is 1. The van der Waals surface area contributed by atoms with Gasteiger partial charge in [0.1, 0.15) is 17.6 Å². The van der Waals surface area contributed by atoms with Gasteiger partial charge in [0.15, 0.2) is 0 Å². The molecule has 3 rings (SSSR count). The van der Waals surface area contributed by atoms with Crippen LogP contribution in [0.15, 0.2) is 30.3 Å². The molecule has 6 heteroatoms. The predicted molar refractivity (Wildman–Crippen MR) is 108 cm³/mol. The molecule has 1 aliphatic heterocycles. The molecule has 5 nitrogen and oxygen atoms in total. The molecular weight excluding hydrogens is 360 g/mol. The maximum Gasteiger partial charge on any atom is 0.147 e. The van der Waals surface area contributed by atoms with Crippen molar-refractivity contribution in [1.82, 2.24) is 10.3 Å². The Labute approximate surface area is 165 Å². The van der Waals surface area contributed by atoms with Gasteiger partial charge in [-0.3, -0.25) is 0 Å². The second-order valence-corrected chi connectivity index (χ2v) is 7.15. The number of piperidine rings is 1. The van der Waals surface area contributed by atoms with E-state index in [0.29, 0.717) is 35.5 Å². The zero-order valence-corrected chi connectivity index (χ0v) is 16.6. The van der Waals surface area contributed by atoms with Crippen molar-refractivity contribution in [2.24, 2.45) is 0 Å². The van der Waals surface area contributed by atoms with E-state index in [1.807, 2.05) is 44.2 Å². The van der Waals surface area contributed by atoms with Crippen molar-refractivity contribution in [2.45, 2.75) is 39.3 Å². The van der Waals surface area contributed by atoms with Crippen LogP contribution in [0.4, 0.5) is 5.82 Å². The molecule has 1 aromatic heterocycles. The van der Waals surface area contributed by atoms with Gasteiger partial charge in [0.25, 0.3) is 0 Å². The summed E-state index contributed by atoms with van der Waals surface area (Å²) in [5.41, 5.74) is 2.61. The van der Waals surface area contributed by atoms with Crippen LogP contribution in [0.2, 0.25) is 5.02 Å². The maximum absolute atomic E-state index is 9.61. The summed E-state index contributed by atoms with van der Waals surface area (Å²) in [5.74, 6) is 1.46. The van der Waals surface area contributed by atoms with Crippen molar-refractivity contribution in [1.29, 1.82) is 5.26 Å². The van der Waals surface area contributed by atoms with Crippen LogP contribution in [0.3, 0.4) is 0 Å². The lowest BCUT2D eigenvalue weighted by atomic mass is 10.0. The van der Waals surface area contributed by atoms with Crippen molar-refractivity contribution >= 4 is 17.4 Å². The van der Waals surface area contributed by atoms with Crippen LogP contribution in [0, 0.1) is 18.3 Å². The molecule has 0 saturated carbocycles. The number of aromatic nitrogens is 1. The number of hydrogen-bond acceptors (Lipinski definition) is 5. The molecule has 0 atom stereocenters. The molecule has 142 valence electrons. The number of pyridine rings is 1. The number of rotatable bonds is 6. The topological polar surface area (TPSA) is 61.2 Å². The lowest BCUT2D eigenvalue weighted by Crippen LogP contribution is -2.43. The highest BCUT2D eigenvalue weighted by atomic mass is 35.5. The Hall–Kier alpha value is -2.29. The fourth-order valence-corrected chi connectivity index (χ4v) is 3.63. The van der Waals surface area contributed by atoms with Gasteiger partial charge in [-0.05, 0) is 69.6 Å². The van der Waals surface area contributed by atoms with E-state index >= 15 is 0 Å². The fourth-order valence-electron chi connectivity index (χ4n) is 3.45. The highest BCUT2D eigenvalue weighted by molar-refractivity contribution is 6.32. The van der Waals surface area contributed by atoms with Crippen molar-refractivity contribution in [2.75, 3.05) is 24.6 Å². The molecule has 0 spiro atoms. The molecule has 1 N–H and O–H groups in total. The van der Waals surface area contributed by atoms with Crippen LogP contribution in [-0.4, -0.2) is 30.7 Å². The first kappa shape index (κ1) is 19.5. The molecule has 0 aliphatic carbocycles. The van der Waals surface area contributed by atoms with Gasteiger partial charge in [0.05, 0.1) is 17.2 Å². The summed E-state index contributed by atoms with van der Waals surface area (Å²) < 4.78 is 5.65. The monoisotopic (exact) mass is 384 g/mol. The first-order chi connectivity index (χ1) is 13.1. The quantitative estimate of drug-likeness (QED) is 0.813. The van der Waals surface area contributed by atoms with Crippen molar-refractivity contribution in [3.8, 4) is 11.8 Å². The Kier molecular flexibility index (Phi) is 6.54. The molecule has 1 saturated heterocycles. The lowest BCUT2D eigenvalue weighted by molar-refractivity contribution is 0.340. The second kappa shape index (κ2) is 9.07. The maximum atomic E-state index is 9.61. The van der Waals surface area contributed by atoms with Crippen LogP contribution >= 0.6 is 11.6 Å². The summed E-state index contributed by atoms with van der Waals surface area (Å²) in [6, 6.07) is 12.3. The van der Waals surface area contributed by atoms with E-state index in [-0.39, 0.29) is 0 Å². The number of nitrogens with zero attached hydrogens (tertiary/aromatic N) is 3. The Morgan fingerprint density at radius 2 is 2.07 bits per heavy atom. The molecule has 1 fully saturated rings. The van der Waals surface area contributed by atoms with E-state index in [9.17, 15) is 5.26 Å². The number of halogens is 1. The Bertz CT molecular complexity index is 827. The predicted octanol–water partition coefficient (Wildman–Crippen LogP) is 4.07. The molecule has 1 aliphatic rings. The minimum atomic E-state index is 0.332. The van der Waals surface area contributed by atoms with E-state index in [4.69, 9.17) is 21.3 Å². The molecule has 0 unspecified atom stereocenters.